The van der Waals surface area contributed by atoms with E-state index in [9.17, 15) is 4.79 Å². The highest BCUT2D eigenvalue weighted by atomic mass is 16.4. The summed E-state index contributed by atoms with van der Waals surface area (Å²) >= 11 is 0. The second-order valence-corrected chi connectivity index (χ2v) is 6.50. The Balaban J connectivity index is 2.16. The summed E-state index contributed by atoms with van der Waals surface area (Å²) in [6.07, 6.45) is 6.02. The van der Waals surface area contributed by atoms with Gasteiger partial charge in [-0.3, -0.25) is 4.79 Å². The first kappa shape index (κ1) is 14.2. The van der Waals surface area contributed by atoms with Crippen molar-refractivity contribution >= 4 is 11.7 Å². The zero-order chi connectivity index (χ0) is 14.0. The van der Waals surface area contributed by atoms with E-state index in [1.807, 2.05) is 4.90 Å². The number of hydrogen-bond acceptors (Lipinski definition) is 3. The van der Waals surface area contributed by atoms with Crippen LogP contribution in [0.25, 0.3) is 0 Å². The molecule has 5 nitrogen and oxygen atoms in total. The van der Waals surface area contributed by atoms with Crippen LogP contribution in [0.1, 0.15) is 52.4 Å². The number of oxime groups is 1. The van der Waals surface area contributed by atoms with Crippen molar-refractivity contribution in [2.45, 2.75) is 58.4 Å². The molecular formula is C14H25N3O2. The van der Waals surface area contributed by atoms with Gasteiger partial charge < -0.3 is 15.8 Å². The molecule has 19 heavy (non-hydrogen) atoms. The van der Waals surface area contributed by atoms with Crippen molar-refractivity contribution in [1.29, 1.82) is 0 Å². The van der Waals surface area contributed by atoms with Gasteiger partial charge in [0, 0.05) is 12.5 Å². The molecule has 0 aromatic heterocycles. The maximum absolute atomic E-state index is 12.8. The van der Waals surface area contributed by atoms with Gasteiger partial charge in [-0.1, -0.05) is 25.4 Å². The summed E-state index contributed by atoms with van der Waals surface area (Å²) in [7, 11) is 0. The molecule has 5 heteroatoms. The smallest absolute Gasteiger partial charge is 0.226 e. The minimum atomic E-state index is -0.220. The van der Waals surface area contributed by atoms with Crippen LogP contribution in [0.15, 0.2) is 5.16 Å². The number of nitrogens with zero attached hydrogens (tertiary/aromatic N) is 2. The molecule has 2 atom stereocenters. The highest BCUT2D eigenvalue weighted by molar-refractivity contribution is 5.91. The fraction of sp³-hybridized carbons (Fsp3) is 0.857. The van der Waals surface area contributed by atoms with Gasteiger partial charge in [0.05, 0.1) is 6.04 Å². The Kier molecular flexibility index (Phi) is 4.02. The topological polar surface area (TPSA) is 78.9 Å². The SMILES string of the molecule is CC1(C)CCCC1C(=O)N1CCCCC1C(N)=NO. The fourth-order valence-electron chi connectivity index (χ4n) is 3.55. The fourth-order valence-corrected chi connectivity index (χ4v) is 3.55. The highest BCUT2D eigenvalue weighted by Crippen LogP contribution is 2.44. The van der Waals surface area contributed by atoms with Crippen LogP contribution in [0.3, 0.4) is 0 Å². The van der Waals surface area contributed by atoms with Crippen molar-refractivity contribution in [2.24, 2.45) is 22.2 Å². The first-order chi connectivity index (χ1) is 8.97. The van der Waals surface area contributed by atoms with E-state index in [0.29, 0.717) is 0 Å². The predicted octanol–water partition coefficient (Wildman–Crippen LogP) is 1.94. The average Bonchev–Trinajstić information content (AvgIpc) is 2.76. The summed E-state index contributed by atoms with van der Waals surface area (Å²) in [5, 5.41) is 12.0. The monoisotopic (exact) mass is 267 g/mol. The van der Waals surface area contributed by atoms with E-state index in [2.05, 4.69) is 19.0 Å². The summed E-state index contributed by atoms with van der Waals surface area (Å²) in [4.78, 5) is 14.6. The summed E-state index contributed by atoms with van der Waals surface area (Å²) in [6, 6.07) is -0.220. The van der Waals surface area contributed by atoms with Gasteiger partial charge in [0.25, 0.3) is 0 Å². The molecule has 0 radical (unpaired) electrons. The molecule has 108 valence electrons. The van der Waals surface area contributed by atoms with Crippen molar-refractivity contribution in [3.63, 3.8) is 0 Å². The van der Waals surface area contributed by atoms with Gasteiger partial charge in [-0.15, -0.1) is 0 Å². The molecule has 2 aliphatic rings. The highest BCUT2D eigenvalue weighted by Gasteiger charge is 2.43. The number of amides is 1. The van der Waals surface area contributed by atoms with E-state index in [1.54, 1.807) is 0 Å². The Bertz CT molecular complexity index is 379. The first-order valence-corrected chi connectivity index (χ1v) is 7.25. The molecule has 0 aromatic rings. The zero-order valence-electron chi connectivity index (χ0n) is 11.9. The molecule has 0 bridgehead atoms. The Morgan fingerprint density at radius 1 is 1.32 bits per heavy atom. The van der Waals surface area contributed by atoms with Gasteiger partial charge in [0.1, 0.15) is 0 Å². The maximum atomic E-state index is 12.8. The number of amidine groups is 1. The van der Waals surface area contributed by atoms with E-state index in [4.69, 9.17) is 10.9 Å². The average molecular weight is 267 g/mol. The Morgan fingerprint density at radius 3 is 2.63 bits per heavy atom. The lowest BCUT2D eigenvalue weighted by Gasteiger charge is -2.39. The van der Waals surface area contributed by atoms with Crippen molar-refractivity contribution in [3.05, 3.63) is 0 Å². The first-order valence-electron chi connectivity index (χ1n) is 7.25. The molecule has 2 unspecified atom stereocenters. The normalized spacial score (nSPS) is 31.5. The molecule has 2 fully saturated rings. The number of piperidine rings is 1. The van der Waals surface area contributed by atoms with E-state index in [0.717, 1.165) is 45.1 Å². The summed E-state index contributed by atoms with van der Waals surface area (Å²) in [5.74, 6) is 0.447. The number of carbonyl (C=O) groups is 1. The van der Waals surface area contributed by atoms with Crippen LogP contribution in [-0.2, 0) is 4.79 Å². The maximum Gasteiger partial charge on any atom is 0.226 e. The minimum Gasteiger partial charge on any atom is -0.409 e. The van der Waals surface area contributed by atoms with Crippen LogP contribution in [0.5, 0.6) is 0 Å². The van der Waals surface area contributed by atoms with Crippen LogP contribution in [0.4, 0.5) is 0 Å². The molecule has 0 spiro atoms. The molecule has 1 saturated carbocycles. The second-order valence-electron chi connectivity index (χ2n) is 6.50. The molecule has 0 aromatic carbocycles. The lowest BCUT2D eigenvalue weighted by molar-refractivity contribution is -0.140. The molecule has 1 amide bonds. The van der Waals surface area contributed by atoms with Gasteiger partial charge in [0.15, 0.2) is 5.84 Å². The molecule has 1 heterocycles. The van der Waals surface area contributed by atoms with E-state index < -0.39 is 0 Å². The Morgan fingerprint density at radius 2 is 2.05 bits per heavy atom. The molecule has 1 aliphatic heterocycles. The predicted molar refractivity (Wildman–Crippen MR) is 73.9 cm³/mol. The minimum absolute atomic E-state index is 0.0736. The van der Waals surface area contributed by atoms with Crippen molar-refractivity contribution in [1.82, 2.24) is 4.90 Å². The van der Waals surface area contributed by atoms with Crippen molar-refractivity contribution in [3.8, 4) is 0 Å². The van der Waals surface area contributed by atoms with Gasteiger partial charge >= 0.3 is 0 Å². The van der Waals surface area contributed by atoms with Crippen molar-refractivity contribution < 1.29 is 10.0 Å². The molecular weight excluding hydrogens is 242 g/mol. The number of carbonyl (C=O) groups excluding carboxylic acids is 1. The van der Waals surface area contributed by atoms with Crippen LogP contribution in [0, 0.1) is 11.3 Å². The van der Waals surface area contributed by atoms with Gasteiger partial charge in [0.2, 0.25) is 5.91 Å². The van der Waals surface area contributed by atoms with E-state index >= 15 is 0 Å². The van der Waals surface area contributed by atoms with Crippen LogP contribution < -0.4 is 5.73 Å². The Labute approximate surface area is 114 Å². The molecule has 2 rings (SSSR count). The summed E-state index contributed by atoms with van der Waals surface area (Å²) < 4.78 is 0. The van der Waals surface area contributed by atoms with Gasteiger partial charge in [-0.05, 0) is 37.5 Å². The lowest BCUT2D eigenvalue weighted by atomic mass is 9.80. The molecule has 3 N–H and O–H groups in total. The number of rotatable bonds is 2. The van der Waals surface area contributed by atoms with Crippen LogP contribution in [-0.4, -0.2) is 34.4 Å². The Hall–Kier alpha value is -1.26. The van der Waals surface area contributed by atoms with Gasteiger partial charge in [-0.2, -0.15) is 0 Å². The largest absolute Gasteiger partial charge is 0.409 e. The molecule has 1 aliphatic carbocycles. The van der Waals surface area contributed by atoms with Gasteiger partial charge in [-0.25, -0.2) is 0 Å². The molecule has 1 saturated heterocycles. The van der Waals surface area contributed by atoms with Crippen LogP contribution >= 0.6 is 0 Å². The summed E-state index contributed by atoms with van der Waals surface area (Å²) in [5.41, 5.74) is 5.82. The van der Waals surface area contributed by atoms with E-state index in [1.165, 1.54) is 0 Å². The summed E-state index contributed by atoms with van der Waals surface area (Å²) in [6.45, 7) is 5.07. The quantitative estimate of drug-likeness (QED) is 0.347. The lowest BCUT2D eigenvalue weighted by Crippen LogP contribution is -2.53. The zero-order valence-corrected chi connectivity index (χ0v) is 11.9. The third kappa shape index (κ3) is 2.69. The van der Waals surface area contributed by atoms with E-state index in [-0.39, 0.29) is 29.1 Å². The standard InChI is InChI=1S/C14H25N3O2/c1-14(2)8-5-6-10(14)13(18)17-9-4-3-7-11(17)12(15)16-19/h10-11,19H,3-9H2,1-2H3,(H2,15,16). The number of nitrogens with two attached hydrogens (primary N) is 1. The van der Waals surface area contributed by atoms with Crippen LogP contribution in [0.2, 0.25) is 0 Å². The number of hydrogen-bond donors (Lipinski definition) is 2. The second kappa shape index (κ2) is 5.39. The third-order valence-corrected chi connectivity index (χ3v) is 4.80. The number of likely N-dealkylation sites (tertiary alicyclic amines) is 1. The van der Waals surface area contributed by atoms with Crippen molar-refractivity contribution in [2.75, 3.05) is 6.54 Å². The third-order valence-electron chi connectivity index (χ3n) is 4.80.